The summed E-state index contributed by atoms with van der Waals surface area (Å²) in [6.07, 6.45) is 2.74. The van der Waals surface area contributed by atoms with Crippen LogP contribution in [-0.4, -0.2) is 16.6 Å². The first kappa shape index (κ1) is 18.6. The monoisotopic (exact) mass is 372 g/mol. The molecule has 2 aromatic heterocycles. The first-order chi connectivity index (χ1) is 12.4. The lowest BCUT2D eigenvalue weighted by Crippen LogP contribution is -2.11. The summed E-state index contributed by atoms with van der Waals surface area (Å²) in [4.78, 5) is 8.69. The summed E-state index contributed by atoms with van der Waals surface area (Å²) in [6.45, 7) is 7.17. The van der Waals surface area contributed by atoms with Crippen molar-refractivity contribution in [1.29, 1.82) is 0 Å². The molecule has 1 aromatic carbocycles. The third kappa shape index (κ3) is 4.31. The van der Waals surface area contributed by atoms with Crippen LogP contribution in [0.3, 0.4) is 0 Å². The second kappa shape index (κ2) is 8.00. The molecule has 0 fully saturated rings. The van der Waals surface area contributed by atoms with Gasteiger partial charge in [-0.2, -0.15) is 0 Å². The van der Waals surface area contributed by atoms with Crippen molar-refractivity contribution in [3.63, 3.8) is 0 Å². The predicted octanol–water partition coefficient (Wildman–Crippen LogP) is 6.15. The van der Waals surface area contributed by atoms with Crippen molar-refractivity contribution in [2.24, 2.45) is 11.8 Å². The second-order valence-corrected chi connectivity index (χ2v) is 7.41. The summed E-state index contributed by atoms with van der Waals surface area (Å²) in [5, 5.41) is 1.16. The molecular formula is C21H22ClFN2O. The second-order valence-electron chi connectivity index (χ2n) is 7.05. The normalized spacial score (nSPS) is 12.5. The third-order valence-corrected chi connectivity index (χ3v) is 4.46. The molecule has 0 aliphatic carbocycles. The Morgan fingerprint density at radius 2 is 1.92 bits per heavy atom. The van der Waals surface area contributed by atoms with Crippen molar-refractivity contribution >= 4 is 22.5 Å². The Kier molecular flexibility index (Phi) is 5.72. The first-order valence-corrected chi connectivity index (χ1v) is 9.16. The average Bonchev–Trinajstić information content (AvgIpc) is 2.59. The molecule has 3 nitrogen and oxygen atoms in total. The van der Waals surface area contributed by atoms with E-state index >= 15 is 0 Å². The van der Waals surface area contributed by atoms with E-state index in [9.17, 15) is 4.39 Å². The van der Waals surface area contributed by atoms with Crippen LogP contribution in [0.5, 0.6) is 5.75 Å². The standard InChI is InChI=1S/C21H22ClFN2O/c1-13(2)10-14(3)12-26-20-7-6-18(25-21(20)22)17-8-9-24-19-11-15(23)4-5-16(17)19/h4-9,11,13-14H,10,12H2,1-3H3/t14-/m0/s1. The summed E-state index contributed by atoms with van der Waals surface area (Å²) in [5.74, 6) is 1.35. The number of pyridine rings is 2. The maximum Gasteiger partial charge on any atom is 0.171 e. The third-order valence-electron chi connectivity index (χ3n) is 4.19. The number of hydrogen-bond donors (Lipinski definition) is 0. The van der Waals surface area contributed by atoms with Gasteiger partial charge in [-0.25, -0.2) is 9.37 Å². The van der Waals surface area contributed by atoms with Crippen molar-refractivity contribution in [3.05, 3.63) is 53.6 Å². The largest absolute Gasteiger partial charge is 0.490 e. The van der Waals surface area contributed by atoms with E-state index in [1.165, 1.54) is 12.1 Å². The van der Waals surface area contributed by atoms with Crippen LogP contribution in [0.25, 0.3) is 22.2 Å². The van der Waals surface area contributed by atoms with Crippen LogP contribution in [0, 0.1) is 17.7 Å². The molecular weight excluding hydrogens is 351 g/mol. The molecule has 0 amide bonds. The molecule has 26 heavy (non-hydrogen) atoms. The Labute approximate surface area is 158 Å². The minimum absolute atomic E-state index is 0.313. The van der Waals surface area contributed by atoms with E-state index in [2.05, 4.69) is 30.7 Å². The summed E-state index contributed by atoms with van der Waals surface area (Å²) < 4.78 is 19.3. The van der Waals surface area contributed by atoms with Gasteiger partial charge in [0.05, 0.1) is 17.8 Å². The highest BCUT2D eigenvalue weighted by atomic mass is 35.5. The van der Waals surface area contributed by atoms with Gasteiger partial charge < -0.3 is 4.74 Å². The number of ether oxygens (including phenoxy) is 1. The highest BCUT2D eigenvalue weighted by Gasteiger charge is 2.12. The van der Waals surface area contributed by atoms with Crippen LogP contribution in [-0.2, 0) is 0 Å². The van der Waals surface area contributed by atoms with Gasteiger partial charge in [-0.05, 0) is 48.6 Å². The van der Waals surface area contributed by atoms with Gasteiger partial charge in [0.2, 0.25) is 0 Å². The Morgan fingerprint density at radius 3 is 2.65 bits per heavy atom. The van der Waals surface area contributed by atoms with Crippen LogP contribution >= 0.6 is 11.6 Å². The van der Waals surface area contributed by atoms with Gasteiger partial charge in [0.1, 0.15) is 5.82 Å². The van der Waals surface area contributed by atoms with E-state index in [0.717, 1.165) is 17.4 Å². The maximum atomic E-state index is 13.4. The van der Waals surface area contributed by atoms with Gasteiger partial charge in [-0.3, -0.25) is 4.98 Å². The lowest BCUT2D eigenvalue weighted by molar-refractivity contribution is 0.238. The molecule has 0 unspecified atom stereocenters. The Balaban J connectivity index is 1.84. The number of fused-ring (bicyclic) bond motifs is 1. The fourth-order valence-corrected chi connectivity index (χ4v) is 3.34. The molecule has 3 rings (SSSR count). The fourth-order valence-electron chi connectivity index (χ4n) is 3.13. The topological polar surface area (TPSA) is 35.0 Å². The summed E-state index contributed by atoms with van der Waals surface area (Å²) in [5.41, 5.74) is 2.15. The minimum atomic E-state index is -0.313. The Hall–Kier alpha value is -2.20. The van der Waals surface area contributed by atoms with Gasteiger partial charge in [-0.15, -0.1) is 0 Å². The van der Waals surface area contributed by atoms with Gasteiger partial charge in [0, 0.05) is 23.2 Å². The lowest BCUT2D eigenvalue weighted by Gasteiger charge is -2.16. The van der Waals surface area contributed by atoms with Gasteiger partial charge in [-0.1, -0.05) is 32.4 Å². The van der Waals surface area contributed by atoms with Crippen molar-refractivity contribution in [1.82, 2.24) is 9.97 Å². The molecule has 0 saturated heterocycles. The SMILES string of the molecule is CC(C)C[C@H](C)COc1ccc(-c2ccnc3cc(F)ccc23)nc1Cl. The van der Waals surface area contributed by atoms with Crippen molar-refractivity contribution in [2.45, 2.75) is 27.2 Å². The van der Waals surface area contributed by atoms with Crippen LogP contribution < -0.4 is 4.74 Å². The van der Waals surface area contributed by atoms with Gasteiger partial charge in [0.25, 0.3) is 0 Å². The van der Waals surface area contributed by atoms with Crippen molar-refractivity contribution in [3.8, 4) is 17.0 Å². The van der Waals surface area contributed by atoms with Crippen molar-refractivity contribution in [2.75, 3.05) is 6.61 Å². The Morgan fingerprint density at radius 1 is 1.12 bits per heavy atom. The van der Waals surface area contributed by atoms with E-state index in [1.807, 2.05) is 18.2 Å². The zero-order chi connectivity index (χ0) is 18.7. The minimum Gasteiger partial charge on any atom is -0.490 e. The number of benzene rings is 1. The first-order valence-electron chi connectivity index (χ1n) is 8.78. The number of aromatic nitrogens is 2. The Bertz CT molecular complexity index is 914. The van der Waals surface area contributed by atoms with Crippen LogP contribution in [0.15, 0.2) is 42.6 Å². The molecule has 0 spiro atoms. The van der Waals surface area contributed by atoms with Crippen LogP contribution in [0.2, 0.25) is 5.15 Å². The molecule has 5 heteroatoms. The maximum absolute atomic E-state index is 13.4. The molecule has 136 valence electrons. The highest BCUT2D eigenvalue weighted by Crippen LogP contribution is 2.31. The van der Waals surface area contributed by atoms with Gasteiger partial charge >= 0.3 is 0 Å². The summed E-state index contributed by atoms with van der Waals surface area (Å²) in [7, 11) is 0. The molecule has 1 atom stereocenters. The molecule has 0 aliphatic heterocycles. The number of rotatable bonds is 6. The molecule has 0 bridgehead atoms. The van der Waals surface area contributed by atoms with E-state index in [0.29, 0.717) is 40.6 Å². The van der Waals surface area contributed by atoms with Crippen LogP contribution in [0.4, 0.5) is 4.39 Å². The van der Waals surface area contributed by atoms with E-state index in [-0.39, 0.29) is 5.82 Å². The summed E-state index contributed by atoms with van der Waals surface area (Å²) in [6, 6.07) is 10.1. The molecule has 0 radical (unpaired) electrons. The zero-order valence-electron chi connectivity index (χ0n) is 15.2. The fraction of sp³-hybridized carbons (Fsp3) is 0.333. The molecule has 0 saturated carbocycles. The van der Waals surface area contributed by atoms with Gasteiger partial charge in [0.15, 0.2) is 10.9 Å². The van der Waals surface area contributed by atoms with Crippen LogP contribution in [0.1, 0.15) is 27.2 Å². The number of hydrogen-bond acceptors (Lipinski definition) is 3. The highest BCUT2D eigenvalue weighted by molar-refractivity contribution is 6.31. The zero-order valence-corrected chi connectivity index (χ0v) is 15.9. The quantitative estimate of drug-likeness (QED) is 0.487. The summed E-state index contributed by atoms with van der Waals surface area (Å²) >= 11 is 6.33. The van der Waals surface area contributed by atoms with Crippen molar-refractivity contribution < 1.29 is 9.13 Å². The molecule has 3 aromatic rings. The number of halogens is 2. The lowest BCUT2D eigenvalue weighted by atomic mass is 10.00. The van der Waals surface area contributed by atoms with E-state index < -0.39 is 0 Å². The predicted molar refractivity (Wildman–Crippen MR) is 104 cm³/mol. The smallest absolute Gasteiger partial charge is 0.171 e. The molecule has 2 heterocycles. The number of nitrogens with zero attached hydrogens (tertiary/aromatic N) is 2. The van der Waals surface area contributed by atoms with E-state index in [4.69, 9.17) is 16.3 Å². The molecule has 0 N–H and O–H groups in total. The molecule has 0 aliphatic rings. The average molecular weight is 373 g/mol. The van der Waals surface area contributed by atoms with E-state index in [1.54, 1.807) is 12.3 Å².